The quantitative estimate of drug-likeness (QED) is 0.548. The lowest BCUT2D eigenvalue weighted by Crippen LogP contribution is -2.46. The van der Waals surface area contributed by atoms with Gasteiger partial charge in [0, 0.05) is 6.54 Å². The van der Waals surface area contributed by atoms with Gasteiger partial charge in [-0.1, -0.05) is 0 Å². The molecule has 0 amide bonds. The molecule has 0 bridgehead atoms. The van der Waals surface area contributed by atoms with E-state index >= 15 is 0 Å². The van der Waals surface area contributed by atoms with Crippen LogP contribution >= 0.6 is 0 Å². The summed E-state index contributed by atoms with van der Waals surface area (Å²) < 4.78 is 12.3. The van der Waals surface area contributed by atoms with E-state index in [1.165, 1.54) is 0 Å². The molecule has 0 aromatic heterocycles. The van der Waals surface area contributed by atoms with E-state index < -0.39 is 0 Å². The average Bonchev–Trinajstić information content (AvgIpc) is 2.36. The maximum absolute atomic E-state index is 12.3. The van der Waals surface area contributed by atoms with Crippen molar-refractivity contribution < 1.29 is 4.39 Å². The number of hydrogen-bond donors (Lipinski definition) is 2. The number of hydrogen-bond acceptors (Lipinski definition) is 2. The fraction of sp³-hybridized carbons (Fsp3) is 1.00. The molecule has 3 heteroatoms. The Morgan fingerprint density at radius 2 is 2.56 bits per heavy atom. The van der Waals surface area contributed by atoms with Crippen molar-refractivity contribution in [3.63, 3.8) is 0 Å². The second-order valence-corrected chi connectivity index (χ2v) is 2.59. The van der Waals surface area contributed by atoms with Crippen LogP contribution in [0.3, 0.4) is 0 Å². The van der Waals surface area contributed by atoms with Crippen LogP contribution in [-0.2, 0) is 0 Å². The molecule has 54 valence electrons. The van der Waals surface area contributed by atoms with Gasteiger partial charge >= 0.3 is 0 Å². The Bertz CT molecular complexity index is 83.1. The van der Waals surface area contributed by atoms with E-state index in [0.29, 0.717) is 0 Å². The fourth-order valence-corrected chi connectivity index (χ4v) is 1.14. The summed E-state index contributed by atoms with van der Waals surface area (Å²) in [6.07, 6.45) is 0.903. The monoisotopic (exact) mass is 132 g/mol. The molecule has 0 spiro atoms. The normalized spacial score (nSPS) is 35.3. The predicted molar refractivity (Wildman–Crippen MR) is 35.3 cm³/mol. The highest BCUT2D eigenvalue weighted by Crippen LogP contribution is 2.13. The lowest BCUT2D eigenvalue weighted by atomic mass is 10.0. The number of likely N-dealkylation sites (N-methyl/N-ethyl adjacent to an activating group) is 1. The zero-order valence-corrected chi connectivity index (χ0v) is 5.71. The molecule has 9 heavy (non-hydrogen) atoms. The smallest absolute Gasteiger partial charge is 0.109 e. The van der Waals surface area contributed by atoms with Crippen molar-refractivity contribution >= 4 is 0 Å². The first-order valence-electron chi connectivity index (χ1n) is 3.29. The highest BCUT2D eigenvalue weighted by atomic mass is 19.1. The summed E-state index contributed by atoms with van der Waals surface area (Å²) in [6.45, 7) is 1.43. The molecule has 1 atom stereocenters. The highest BCUT2D eigenvalue weighted by molar-refractivity contribution is 4.94. The van der Waals surface area contributed by atoms with Crippen molar-refractivity contribution in [2.75, 3.05) is 26.8 Å². The summed E-state index contributed by atoms with van der Waals surface area (Å²) >= 11 is 0. The predicted octanol–water partition coefficient (Wildman–Crippen LogP) is -0.0926. The summed E-state index contributed by atoms with van der Waals surface area (Å²) in [6, 6.07) is 0. The molecule has 2 N–H and O–H groups in total. The van der Waals surface area contributed by atoms with Gasteiger partial charge in [-0.25, -0.2) is 4.39 Å². The summed E-state index contributed by atoms with van der Waals surface area (Å²) in [7, 11) is 1.81. The van der Waals surface area contributed by atoms with Crippen molar-refractivity contribution in [3.8, 4) is 0 Å². The molecular weight excluding hydrogens is 119 g/mol. The molecule has 1 aliphatic heterocycles. The van der Waals surface area contributed by atoms with Crippen LogP contribution in [0.5, 0.6) is 0 Å². The molecular formula is C6H13FN2. The largest absolute Gasteiger partial charge is 0.315 e. The van der Waals surface area contributed by atoms with Gasteiger partial charge in [0.2, 0.25) is 0 Å². The van der Waals surface area contributed by atoms with Crippen LogP contribution in [0.25, 0.3) is 0 Å². The Morgan fingerprint density at radius 1 is 1.78 bits per heavy atom. The van der Waals surface area contributed by atoms with Crippen LogP contribution < -0.4 is 10.6 Å². The molecule has 0 aromatic rings. The molecule has 1 heterocycles. The molecule has 0 unspecified atom stereocenters. The SMILES string of the molecule is CN[C@@]1(CF)CCNC1. The number of alkyl halides is 1. The van der Waals surface area contributed by atoms with E-state index in [1.54, 1.807) is 0 Å². The average molecular weight is 132 g/mol. The highest BCUT2D eigenvalue weighted by Gasteiger charge is 2.31. The summed E-state index contributed by atoms with van der Waals surface area (Å²) in [4.78, 5) is 0. The van der Waals surface area contributed by atoms with Crippen molar-refractivity contribution in [2.24, 2.45) is 0 Å². The zero-order chi connectivity index (χ0) is 6.74. The summed E-state index contributed by atoms with van der Waals surface area (Å²) in [5.41, 5.74) is -0.250. The second-order valence-electron chi connectivity index (χ2n) is 2.59. The minimum atomic E-state index is -0.267. The van der Waals surface area contributed by atoms with Gasteiger partial charge in [-0.2, -0.15) is 0 Å². The zero-order valence-electron chi connectivity index (χ0n) is 5.71. The van der Waals surface area contributed by atoms with Gasteiger partial charge in [-0.15, -0.1) is 0 Å². The summed E-state index contributed by atoms with van der Waals surface area (Å²) in [5, 5.41) is 6.10. The van der Waals surface area contributed by atoms with Gasteiger partial charge in [-0.3, -0.25) is 0 Å². The van der Waals surface area contributed by atoms with E-state index in [1.807, 2.05) is 7.05 Å². The molecule has 0 aliphatic carbocycles. The Morgan fingerprint density at radius 3 is 2.78 bits per heavy atom. The van der Waals surface area contributed by atoms with Crippen LogP contribution in [0.2, 0.25) is 0 Å². The first kappa shape index (κ1) is 6.96. The third-order valence-corrected chi connectivity index (χ3v) is 2.03. The maximum Gasteiger partial charge on any atom is 0.109 e. The molecule has 2 nitrogen and oxygen atoms in total. The van der Waals surface area contributed by atoms with Crippen LogP contribution in [0.1, 0.15) is 6.42 Å². The molecule has 0 saturated carbocycles. The fourth-order valence-electron chi connectivity index (χ4n) is 1.14. The van der Waals surface area contributed by atoms with Crippen molar-refractivity contribution in [3.05, 3.63) is 0 Å². The van der Waals surface area contributed by atoms with E-state index in [9.17, 15) is 4.39 Å². The van der Waals surface area contributed by atoms with Crippen LogP contribution in [0.4, 0.5) is 4.39 Å². The maximum atomic E-state index is 12.3. The Labute approximate surface area is 54.8 Å². The minimum Gasteiger partial charge on any atom is -0.315 e. The number of rotatable bonds is 2. The van der Waals surface area contributed by atoms with Crippen LogP contribution in [0.15, 0.2) is 0 Å². The van der Waals surface area contributed by atoms with E-state index in [2.05, 4.69) is 10.6 Å². The second kappa shape index (κ2) is 2.62. The van der Waals surface area contributed by atoms with Crippen molar-refractivity contribution in [2.45, 2.75) is 12.0 Å². The van der Waals surface area contributed by atoms with Gasteiger partial charge in [0.1, 0.15) is 6.67 Å². The molecule has 1 aliphatic rings. The first-order valence-corrected chi connectivity index (χ1v) is 3.29. The van der Waals surface area contributed by atoms with Crippen LogP contribution in [0, 0.1) is 0 Å². The van der Waals surface area contributed by atoms with Crippen molar-refractivity contribution in [1.29, 1.82) is 0 Å². The van der Waals surface area contributed by atoms with Crippen LogP contribution in [-0.4, -0.2) is 32.4 Å². The molecule has 0 radical (unpaired) electrons. The Kier molecular flexibility index (Phi) is 2.03. The standard InChI is InChI=1S/C6H13FN2/c1-8-6(4-7)2-3-9-5-6/h8-9H,2-5H2,1H3/t6-/m1/s1. The Balaban J connectivity index is 2.45. The molecule has 0 aromatic carbocycles. The molecule has 1 fully saturated rings. The first-order chi connectivity index (χ1) is 4.33. The third kappa shape index (κ3) is 1.22. The van der Waals surface area contributed by atoms with Gasteiger partial charge in [0.05, 0.1) is 5.54 Å². The van der Waals surface area contributed by atoms with E-state index in [4.69, 9.17) is 0 Å². The van der Waals surface area contributed by atoms with Crippen molar-refractivity contribution in [1.82, 2.24) is 10.6 Å². The third-order valence-electron chi connectivity index (χ3n) is 2.03. The lowest BCUT2D eigenvalue weighted by molar-refractivity contribution is 0.281. The van der Waals surface area contributed by atoms with Gasteiger partial charge < -0.3 is 10.6 Å². The van der Waals surface area contributed by atoms with Gasteiger partial charge in [0.25, 0.3) is 0 Å². The minimum absolute atomic E-state index is 0.250. The topological polar surface area (TPSA) is 24.1 Å². The molecule has 1 saturated heterocycles. The van der Waals surface area contributed by atoms with Gasteiger partial charge in [0.15, 0.2) is 0 Å². The Hall–Kier alpha value is -0.150. The lowest BCUT2D eigenvalue weighted by Gasteiger charge is -2.22. The van der Waals surface area contributed by atoms with Gasteiger partial charge in [-0.05, 0) is 20.0 Å². The molecule has 1 rings (SSSR count). The summed E-state index contributed by atoms with van der Waals surface area (Å²) in [5.74, 6) is 0. The van der Waals surface area contributed by atoms with E-state index in [-0.39, 0.29) is 12.2 Å². The van der Waals surface area contributed by atoms with E-state index in [0.717, 1.165) is 19.5 Å². The number of nitrogens with one attached hydrogen (secondary N) is 2. The number of halogens is 1.